The number of carbonyl (C=O) groups is 1. The molecule has 1 aliphatic rings. The van der Waals surface area contributed by atoms with E-state index >= 15 is 0 Å². The zero-order chi connectivity index (χ0) is 18.4. The first-order valence-electron chi connectivity index (χ1n) is 8.88. The summed E-state index contributed by atoms with van der Waals surface area (Å²) in [5, 5.41) is 11.6. The van der Waals surface area contributed by atoms with Crippen molar-refractivity contribution in [3.05, 3.63) is 65.5 Å². The number of rotatable bonds is 5. The first-order valence-corrected chi connectivity index (χ1v) is 8.88. The Bertz CT molecular complexity index is 790. The Labute approximate surface area is 153 Å². The van der Waals surface area contributed by atoms with Gasteiger partial charge >= 0.3 is 0 Å². The second-order valence-corrected chi connectivity index (χ2v) is 6.66. The highest BCUT2D eigenvalue weighted by Crippen LogP contribution is 2.22. The van der Waals surface area contributed by atoms with E-state index in [9.17, 15) is 9.18 Å². The van der Waals surface area contributed by atoms with Crippen molar-refractivity contribution in [3.63, 3.8) is 0 Å². The molecule has 1 fully saturated rings. The number of anilines is 1. The van der Waals surface area contributed by atoms with Crippen LogP contribution in [0.5, 0.6) is 0 Å². The average Bonchev–Trinajstić information content (AvgIpc) is 2.66. The first-order chi connectivity index (χ1) is 12.7. The van der Waals surface area contributed by atoms with Gasteiger partial charge in [-0.2, -0.15) is 5.26 Å². The molecule has 0 atom stereocenters. The number of halogens is 1. The Morgan fingerprint density at radius 1 is 1.15 bits per heavy atom. The maximum atomic E-state index is 13.8. The highest BCUT2D eigenvalue weighted by molar-refractivity contribution is 5.92. The summed E-state index contributed by atoms with van der Waals surface area (Å²) in [5.74, 6) is -0.165. The van der Waals surface area contributed by atoms with Crippen LogP contribution < -0.4 is 5.32 Å². The Balaban J connectivity index is 1.49. The maximum absolute atomic E-state index is 13.8. The molecule has 0 saturated carbocycles. The van der Waals surface area contributed by atoms with Crippen molar-refractivity contribution in [2.75, 3.05) is 18.4 Å². The van der Waals surface area contributed by atoms with Gasteiger partial charge in [-0.1, -0.05) is 30.3 Å². The molecule has 0 spiro atoms. The van der Waals surface area contributed by atoms with Gasteiger partial charge in [-0.25, -0.2) is 4.39 Å². The SMILES string of the molecule is N#CCc1ccc(NC(=O)C2CCN(Cc3ccccc3F)CC2)cc1. The predicted molar refractivity (Wildman–Crippen MR) is 98.8 cm³/mol. The molecule has 3 rings (SSSR count). The van der Waals surface area contributed by atoms with E-state index in [4.69, 9.17) is 5.26 Å². The Hall–Kier alpha value is -2.71. The standard InChI is InChI=1S/C21H22FN3O/c22-20-4-2-1-3-18(20)15-25-13-10-17(11-14-25)21(26)24-19-7-5-16(6-8-19)9-12-23/h1-8,17H,9-11,13-15H2,(H,24,26). The number of nitriles is 1. The molecule has 0 unspecified atom stereocenters. The molecule has 134 valence electrons. The zero-order valence-corrected chi connectivity index (χ0v) is 14.6. The Morgan fingerprint density at radius 3 is 2.50 bits per heavy atom. The molecule has 4 nitrogen and oxygen atoms in total. The van der Waals surface area contributed by atoms with E-state index in [-0.39, 0.29) is 17.6 Å². The Morgan fingerprint density at radius 2 is 1.85 bits per heavy atom. The third-order valence-electron chi connectivity index (χ3n) is 4.81. The highest BCUT2D eigenvalue weighted by atomic mass is 19.1. The van der Waals surface area contributed by atoms with Crippen LogP contribution in [-0.4, -0.2) is 23.9 Å². The molecular formula is C21H22FN3O. The van der Waals surface area contributed by atoms with E-state index in [1.165, 1.54) is 6.07 Å². The summed E-state index contributed by atoms with van der Waals surface area (Å²) in [6, 6.07) is 16.3. The number of hydrogen-bond donors (Lipinski definition) is 1. The highest BCUT2D eigenvalue weighted by Gasteiger charge is 2.25. The number of hydrogen-bond acceptors (Lipinski definition) is 3. The lowest BCUT2D eigenvalue weighted by molar-refractivity contribution is -0.121. The lowest BCUT2D eigenvalue weighted by Crippen LogP contribution is -2.37. The fourth-order valence-corrected chi connectivity index (χ4v) is 3.26. The molecule has 0 bridgehead atoms. The van der Waals surface area contributed by atoms with Crippen LogP contribution in [0.1, 0.15) is 24.0 Å². The fraction of sp³-hybridized carbons (Fsp3) is 0.333. The lowest BCUT2D eigenvalue weighted by atomic mass is 9.95. The van der Waals surface area contributed by atoms with E-state index < -0.39 is 0 Å². The number of nitrogens with zero attached hydrogens (tertiary/aromatic N) is 2. The molecule has 26 heavy (non-hydrogen) atoms. The summed E-state index contributed by atoms with van der Waals surface area (Å²) in [6.07, 6.45) is 1.91. The summed E-state index contributed by atoms with van der Waals surface area (Å²) in [4.78, 5) is 14.6. The van der Waals surface area contributed by atoms with Crippen LogP contribution in [0, 0.1) is 23.1 Å². The largest absolute Gasteiger partial charge is 0.326 e. The molecule has 0 radical (unpaired) electrons. The van der Waals surface area contributed by atoms with Crippen LogP contribution in [-0.2, 0) is 17.8 Å². The molecule has 1 saturated heterocycles. The van der Waals surface area contributed by atoms with Gasteiger partial charge in [-0.3, -0.25) is 9.69 Å². The normalized spacial score (nSPS) is 15.4. The molecule has 1 heterocycles. The van der Waals surface area contributed by atoms with Crippen LogP contribution in [0.3, 0.4) is 0 Å². The zero-order valence-electron chi connectivity index (χ0n) is 14.6. The molecule has 1 amide bonds. The second-order valence-electron chi connectivity index (χ2n) is 6.66. The van der Waals surface area contributed by atoms with Crippen molar-refractivity contribution < 1.29 is 9.18 Å². The monoisotopic (exact) mass is 351 g/mol. The summed E-state index contributed by atoms with van der Waals surface area (Å²) in [7, 11) is 0. The third kappa shape index (κ3) is 4.68. The van der Waals surface area contributed by atoms with Crippen LogP contribution in [0.15, 0.2) is 48.5 Å². The lowest BCUT2D eigenvalue weighted by Gasteiger charge is -2.31. The summed E-state index contributed by atoms with van der Waals surface area (Å²) in [5.41, 5.74) is 2.39. The van der Waals surface area contributed by atoms with Crippen molar-refractivity contribution in [1.29, 1.82) is 5.26 Å². The molecule has 5 heteroatoms. The molecular weight excluding hydrogens is 329 g/mol. The second kappa shape index (κ2) is 8.59. The number of carbonyl (C=O) groups excluding carboxylic acids is 1. The van der Waals surface area contributed by atoms with E-state index in [1.807, 2.05) is 36.4 Å². The van der Waals surface area contributed by atoms with Gasteiger partial charge in [0.25, 0.3) is 0 Å². The van der Waals surface area contributed by atoms with Gasteiger partial charge in [0.05, 0.1) is 12.5 Å². The average molecular weight is 351 g/mol. The number of likely N-dealkylation sites (tertiary alicyclic amines) is 1. The maximum Gasteiger partial charge on any atom is 0.227 e. The van der Waals surface area contributed by atoms with Gasteiger partial charge in [0.1, 0.15) is 5.82 Å². The molecule has 1 N–H and O–H groups in total. The van der Waals surface area contributed by atoms with Crippen LogP contribution in [0.25, 0.3) is 0 Å². The van der Waals surface area contributed by atoms with Crippen LogP contribution >= 0.6 is 0 Å². The predicted octanol–water partition coefficient (Wildman–Crippen LogP) is 3.74. The molecule has 0 aromatic heterocycles. The minimum Gasteiger partial charge on any atom is -0.326 e. The van der Waals surface area contributed by atoms with Gasteiger partial charge in [-0.15, -0.1) is 0 Å². The summed E-state index contributed by atoms with van der Waals surface area (Å²) < 4.78 is 13.8. The van der Waals surface area contributed by atoms with Gasteiger partial charge in [0, 0.05) is 23.7 Å². The van der Waals surface area contributed by atoms with Gasteiger partial charge in [0.2, 0.25) is 5.91 Å². The van der Waals surface area contributed by atoms with Gasteiger partial charge in [0.15, 0.2) is 0 Å². The minimum atomic E-state index is -0.174. The van der Waals surface area contributed by atoms with E-state index in [0.29, 0.717) is 18.5 Å². The van der Waals surface area contributed by atoms with Crippen LogP contribution in [0.4, 0.5) is 10.1 Å². The van der Waals surface area contributed by atoms with E-state index in [2.05, 4.69) is 16.3 Å². The number of nitrogens with one attached hydrogen (secondary N) is 1. The molecule has 1 aliphatic heterocycles. The van der Waals surface area contributed by atoms with Gasteiger partial charge in [-0.05, 0) is 49.7 Å². The van der Waals surface area contributed by atoms with Crippen molar-refractivity contribution in [3.8, 4) is 6.07 Å². The van der Waals surface area contributed by atoms with Crippen molar-refractivity contribution in [2.45, 2.75) is 25.8 Å². The number of piperidine rings is 1. The third-order valence-corrected chi connectivity index (χ3v) is 4.81. The fourth-order valence-electron chi connectivity index (χ4n) is 3.26. The van der Waals surface area contributed by atoms with Crippen LogP contribution in [0.2, 0.25) is 0 Å². The first kappa shape index (κ1) is 18.1. The number of amides is 1. The molecule has 0 aliphatic carbocycles. The topological polar surface area (TPSA) is 56.1 Å². The van der Waals surface area contributed by atoms with Crippen molar-refractivity contribution in [2.24, 2.45) is 5.92 Å². The molecule has 2 aromatic carbocycles. The number of benzene rings is 2. The minimum absolute atomic E-state index is 0.0225. The molecule has 2 aromatic rings. The summed E-state index contributed by atoms with van der Waals surface area (Å²) >= 11 is 0. The Kier molecular flexibility index (Phi) is 5.98. The van der Waals surface area contributed by atoms with E-state index in [0.717, 1.165) is 37.2 Å². The van der Waals surface area contributed by atoms with Gasteiger partial charge < -0.3 is 5.32 Å². The van der Waals surface area contributed by atoms with Crippen molar-refractivity contribution >= 4 is 11.6 Å². The van der Waals surface area contributed by atoms with Crippen molar-refractivity contribution in [1.82, 2.24) is 4.90 Å². The quantitative estimate of drug-likeness (QED) is 0.893. The smallest absolute Gasteiger partial charge is 0.227 e. The van der Waals surface area contributed by atoms with E-state index in [1.54, 1.807) is 6.07 Å². The summed E-state index contributed by atoms with van der Waals surface area (Å²) in [6.45, 7) is 2.16.